The van der Waals surface area contributed by atoms with Gasteiger partial charge in [-0.1, -0.05) is 6.07 Å². The van der Waals surface area contributed by atoms with E-state index in [0.29, 0.717) is 5.69 Å². The Hall–Kier alpha value is -2.43. The van der Waals surface area contributed by atoms with Crippen LogP contribution in [0.3, 0.4) is 0 Å². The van der Waals surface area contributed by atoms with Gasteiger partial charge in [0, 0.05) is 44.6 Å². The van der Waals surface area contributed by atoms with Gasteiger partial charge < -0.3 is 20.4 Å². The van der Waals surface area contributed by atoms with Crippen LogP contribution in [0.1, 0.15) is 6.92 Å². The highest BCUT2D eigenvalue weighted by atomic mass is 127. The number of pyridine rings is 1. The molecule has 0 spiro atoms. The lowest BCUT2D eigenvalue weighted by Gasteiger charge is -2.37. The quantitative estimate of drug-likeness (QED) is 0.366. The van der Waals surface area contributed by atoms with Crippen LogP contribution >= 0.6 is 24.0 Å². The summed E-state index contributed by atoms with van der Waals surface area (Å²) in [7, 11) is 0. The van der Waals surface area contributed by atoms with Crippen molar-refractivity contribution in [2.45, 2.75) is 6.92 Å². The molecule has 1 fully saturated rings. The maximum atomic E-state index is 12.9. The third kappa shape index (κ3) is 6.84. The number of nitrogens with zero attached hydrogens (tertiary/aromatic N) is 4. The van der Waals surface area contributed by atoms with E-state index in [1.54, 1.807) is 6.20 Å². The molecule has 0 aliphatic carbocycles. The Morgan fingerprint density at radius 3 is 2.48 bits per heavy atom. The largest absolute Gasteiger partial charge is 0.357 e. The van der Waals surface area contributed by atoms with Crippen molar-refractivity contribution in [3.05, 3.63) is 54.5 Å². The highest BCUT2D eigenvalue weighted by Crippen LogP contribution is 2.12. The molecule has 3 rings (SSSR count). The minimum Gasteiger partial charge on any atom is -0.357 e. The van der Waals surface area contributed by atoms with Crippen molar-refractivity contribution in [2.75, 3.05) is 49.5 Å². The fourth-order valence-corrected chi connectivity index (χ4v) is 2.99. The lowest BCUT2D eigenvalue weighted by atomic mass is 10.3. The second-order valence-electron chi connectivity index (χ2n) is 6.39. The van der Waals surface area contributed by atoms with E-state index in [0.717, 1.165) is 44.5 Å². The molecule has 1 aromatic heterocycles. The molecule has 2 aromatic rings. The summed E-state index contributed by atoms with van der Waals surface area (Å²) in [6, 6.07) is 11.6. The summed E-state index contributed by atoms with van der Waals surface area (Å²) < 4.78 is 12.9. The number of benzene rings is 1. The monoisotopic (exact) mass is 512 g/mol. The number of anilines is 2. The van der Waals surface area contributed by atoms with E-state index in [-0.39, 0.29) is 42.2 Å². The molecule has 1 aromatic carbocycles. The molecule has 2 N–H and O–H groups in total. The van der Waals surface area contributed by atoms with E-state index in [2.05, 4.69) is 30.4 Å². The van der Waals surface area contributed by atoms with Crippen LogP contribution in [0.5, 0.6) is 0 Å². The highest BCUT2D eigenvalue weighted by Gasteiger charge is 2.20. The number of guanidine groups is 1. The first-order valence-electron chi connectivity index (χ1n) is 9.40. The molecule has 29 heavy (non-hydrogen) atoms. The zero-order valence-electron chi connectivity index (χ0n) is 16.3. The summed E-state index contributed by atoms with van der Waals surface area (Å²) in [5.41, 5.74) is 0.551. The van der Waals surface area contributed by atoms with Crippen LogP contribution in [-0.2, 0) is 4.79 Å². The summed E-state index contributed by atoms with van der Waals surface area (Å²) in [5.74, 6) is 1.12. The number of rotatable bonds is 5. The smallest absolute Gasteiger partial charge is 0.246 e. The van der Waals surface area contributed by atoms with E-state index in [1.807, 2.05) is 25.1 Å². The number of aromatic nitrogens is 1. The van der Waals surface area contributed by atoms with Gasteiger partial charge in [0.2, 0.25) is 5.91 Å². The Balaban J connectivity index is 0.00000300. The highest BCUT2D eigenvalue weighted by molar-refractivity contribution is 14.0. The number of piperazine rings is 1. The number of hydrogen-bond acceptors (Lipinski definition) is 4. The van der Waals surface area contributed by atoms with Gasteiger partial charge in [-0.25, -0.2) is 14.4 Å². The lowest BCUT2D eigenvalue weighted by molar-refractivity contribution is -0.114. The van der Waals surface area contributed by atoms with Crippen LogP contribution in [0.2, 0.25) is 0 Å². The van der Waals surface area contributed by atoms with Gasteiger partial charge >= 0.3 is 0 Å². The number of hydrogen-bond donors (Lipinski definition) is 2. The van der Waals surface area contributed by atoms with Crippen molar-refractivity contribution in [2.24, 2.45) is 4.99 Å². The summed E-state index contributed by atoms with van der Waals surface area (Å²) >= 11 is 0. The first kappa shape index (κ1) is 22.9. The lowest BCUT2D eigenvalue weighted by Crippen LogP contribution is -2.53. The van der Waals surface area contributed by atoms with E-state index in [1.165, 1.54) is 24.3 Å². The van der Waals surface area contributed by atoms with Gasteiger partial charge in [-0.2, -0.15) is 0 Å². The van der Waals surface area contributed by atoms with Crippen LogP contribution < -0.4 is 15.5 Å². The Morgan fingerprint density at radius 2 is 1.86 bits per heavy atom. The van der Waals surface area contributed by atoms with Gasteiger partial charge in [0.25, 0.3) is 0 Å². The molecule has 0 unspecified atom stereocenters. The van der Waals surface area contributed by atoms with Crippen molar-refractivity contribution in [3.8, 4) is 0 Å². The average molecular weight is 512 g/mol. The molecule has 156 valence electrons. The van der Waals surface area contributed by atoms with Crippen LogP contribution in [-0.4, -0.2) is 61.0 Å². The van der Waals surface area contributed by atoms with Crippen LogP contribution in [0, 0.1) is 5.82 Å². The second kappa shape index (κ2) is 11.5. The fraction of sp³-hybridized carbons (Fsp3) is 0.350. The predicted octanol–water partition coefficient (Wildman–Crippen LogP) is 2.56. The first-order chi connectivity index (χ1) is 13.7. The molecule has 1 aliphatic rings. The zero-order valence-corrected chi connectivity index (χ0v) is 18.7. The van der Waals surface area contributed by atoms with Crippen LogP contribution in [0.15, 0.2) is 53.7 Å². The van der Waals surface area contributed by atoms with E-state index >= 15 is 0 Å². The Labute approximate surface area is 187 Å². The normalized spacial score (nSPS) is 14.2. The second-order valence-corrected chi connectivity index (χ2v) is 6.39. The van der Waals surface area contributed by atoms with Crippen molar-refractivity contribution in [1.29, 1.82) is 0 Å². The minimum absolute atomic E-state index is 0. The Bertz CT molecular complexity index is 794. The molecule has 0 bridgehead atoms. The maximum absolute atomic E-state index is 12.9. The topological polar surface area (TPSA) is 72.9 Å². The van der Waals surface area contributed by atoms with Crippen LogP contribution in [0.4, 0.5) is 15.9 Å². The van der Waals surface area contributed by atoms with E-state index in [9.17, 15) is 9.18 Å². The van der Waals surface area contributed by atoms with Gasteiger partial charge in [-0.3, -0.25) is 4.79 Å². The molecule has 0 radical (unpaired) electrons. The average Bonchev–Trinajstić information content (AvgIpc) is 2.73. The third-order valence-electron chi connectivity index (χ3n) is 4.39. The number of aliphatic imine (C=N–C) groups is 1. The number of halogens is 2. The number of carbonyl (C=O) groups excluding carboxylic acids is 1. The van der Waals surface area contributed by atoms with Crippen molar-refractivity contribution >= 4 is 47.3 Å². The van der Waals surface area contributed by atoms with E-state index in [4.69, 9.17) is 0 Å². The summed E-state index contributed by atoms with van der Waals surface area (Å²) in [6.07, 6.45) is 1.80. The molecule has 7 nitrogen and oxygen atoms in total. The molecule has 1 amide bonds. The maximum Gasteiger partial charge on any atom is 0.246 e. The predicted molar refractivity (Wildman–Crippen MR) is 124 cm³/mol. The minimum atomic E-state index is -0.338. The number of amides is 1. The van der Waals surface area contributed by atoms with Gasteiger partial charge in [-0.05, 0) is 43.3 Å². The van der Waals surface area contributed by atoms with Gasteiger partial charge in [0.05, 0.1) is 0 Å². The standard InChI is InChI=1S/C20H25FN6O.HI/c1-2-22-20(24-15-19(28)25-17-8-6-16(21)7-9-17)27-13-11-26(12-14-27)18-5-3-4-10-23-18;/h3-10H,2,11-15H2,1H3,(H,22,24)(H,25,28);1H. The molecular weight excluding hydrogens is 486 g/mol. The van der Waals surface area contributed by atoms with E-state index < -0.39 is 0 Å². The van der Waals surface area contributed by atoms with Gasteiger partial charge in [0.15, 0.2) is 5.96 Å². The Kier molecular flexibility index (Phi) is 9.10. The molecule has 2 heterocycles. The third-order valence-corrected chi connectivity index (χ3v) is 4.39. The zero-order chi connectivity index (χ0) is 19.8. The molecule has 9 heteroatoms. The van der Waals surface area contributed by atoms with Crippen molar-refractivity contribution in [3.63, 3.8) is 0 Å². The molecule has 1 saturated heterocycles. The first-order valence-corrected chi connectivity index (χ1v) is 9.40. The summed E-state index contributed by atoms with van der Waals surface area (Å²) in [4.78, 5) is 25.4. The SMILES string of the molecule is CCNC(=NCC(=O)Nc1ccc(F)cc1)N1CCN(c2ccccn2)CC1.I. The van der Waals surface area contributed by atoms with Crippen molar-refractivity contribution in [1.82, 2.24) is 15.2 Å². The Morgan fingerprint density at radius 1 is 1.14 bits per heavy atom. The van der Waals surface area contributed by atoms with Crippen molar-refractivity contribution < 1.29 is 9.18 Å². The van der Waals surface area contributed by atoms with Crippen LogP contribution in [0.25, 0.3) is 0 Å². The summed E-state index contributed by atoms with van der Waals surface area (Å²) in [6.45, 7) is 5.98. The molecule has 1 aliphatic heterocycles. The fourth-order valence-electron chi connectivity index (χ4n) is 2.99. The molecule has 0 atom stereocenters. The van der Waals surface area contributed by atoms with Gasteiger partial charge in [0.1, 0.15) is 18.2 Å². The molecule has 0 saturated carbocycles. The number of nitrogens with one attached hydrogen (secondary N) is 2. The van der Waals surface area contributed by atoms with Gasteiger partial charge in [-0.15, -0.1) is 24.0 Å². The summed E-state index contributed by atoms with van der Waals surface area (Å²) in [5, 5.41) is 5.97. The molecular formula is C20H26FIN6O. The number of carbonyl (C=O) groups is 1.